The van der Waals surface area contributed by atoms with E-state index in [9.17, 15) is 9.59 Å². The number of primary amides is 1. The van der Waals surface area contributed by atoms with Crippen molar-refractivity contribution in [3.63, 3.8) is 0 Å². The fraction of sp³-hybridized carbons (Fsp3) is 0.500. The molecule has 8 nitrogen and oxygen atoms in total. The van der Waals surface area contributed by atoms with Gasteiger partial charge in [-0.1, -0.05) is 5.16 Å². The van der Waals surface area contributed by atoms with E-state index < -0.39 is 18.0 Å². The number of nitrogens with one attached hydrogen (secondary N) is 2. The predicted octanol–water partition coefficient (Wildman–Crippen LogP) is -0.949. The molecule has 0 spiro atoms. The van der Waals surface area contributed by atoms with E-state index >= 15 is 0 Å². The second kappa shape index (κ2) is 5.21. The fourth-order valence-corrected chi connectivity index (χ4v) is 0.975. The molecule has 3 amide bonds. The third-order valence-electron chi connectivity index (χ3n) is 1.77. The first kappa shape index (κ1) is 12.1. The normalized spacial score (nSPS) is 12.1. The van der Waals surface area contributed by atoms with Gasteiger partial charge in [0.25, 0.3) is 0 Å². The Kier molecular flexibility index (Phi) is 3.95. The Morgan fingerprint density at radius 3 is 2.75 bits per heavy atom. The van der Waals surface area contributed by atoms with Crippen molar-refractivity contribution in [1.29, 1.82) is 0 Å². The quantitative estimate of drug-likeness (QED) is 0.609. The summed E-state index contributed by atoms with van der Waals surface area (Å²) in [5.74, 6) is 0.381. The van der Waals surface area contributed by atoms with Crippen LogP contribution in [-0.4, -0.2) is 28.1 Å². The first-order chi connectivity index (χ1) is 7.49. The number of rotatable bonds is 4. The van der Waals surface area contributed by atoms with Crippen LogP contribution in [-0.2, 0) is 11.3 Å². The lowest BCUT2D eigenvalue weighted by Crippen LogP contribution is -2.46. The number of nitrogens with zero attached hydrogens (tertiary/aromatic N) is 2. The van der Waals surface area contributed by atoms with Crippen molar-refractivity contribution < 1.29 is 14.1 Å². The van der Waals surface area contributed by atoms with Crippen LogP contribution in [0.1, 0.15) is 18.6 Å². The molecule has 1 heterocycles. The van der Waals surface area contributed by atoms with Crippen molar-refractivity contribution >= 4 is 11.9 Å². The zero-order valence-corrected chi connectivity index (χ0v) is 8.98. The van der Waals surface area contributed by atoms with Crippen molar-refractivity contribution in [2.45, 2.75) is 26.4 Å². The molecule has 0 fully saturated rings. The number of amides is 3. The van der Waals surface area contributed by atoms with Gasteiger partial charge < -0.3 is 10.3 Å². The Balaban J connectivity index is 2.37. The molecule has 0 saturated heterocycles. The largest absolute Gasteiger partial charge is 0.351 e. The van der Waals surface area contributed by atoms with E-state index in [2.05, 4.69) is 15.5 Å². The molecule has 8 heteroatoms. The van der Waals surface area contributed by atoms with Crippen LogP contribution < -0.4 is 16.4 Å². The fourth-order valence-electron chi connectivity index (χ4n) is 0.975. The molecule has 16 heavy (non-hydrogen) atoms. The minimum atomic E-state index is -0.882. The third kappa shape index (κ3) is 3.65. The molecule has 1 atom stereocenters. The molecule has 1 aromatic heterocycles. The molecule has 0 aliphatic heterocycles. The highest BCUT2D eigenvalue weighted by atomic mass is 16.5. The molecular weight excluding hydrogens is 214 g/mol. The van der Waals surface area contributed by atoms with E-state index in [1.54, 1.807) is 13.8 Å². The molecule has 0 bridgehead atoms. The van der Waals surface area contributed by atoms with Crippen LogP contribution in [0.3, 0.4) is 0 Å². The molecule has 1 aromatic rings. The number of carbonyl (C=O) groups excluding carboxylic acids is 2. The Morgan fingerprint density at radius 2 is 2.25 bits per heavy atom. The molecule has 88 valence electrons. The van der Waals surface area contributed by atoms with Crippen molar-refractivity contribution in [3.8, 4) is 0 Å². The Hall–Kier alpha value is -1.96. The lowest BCUT2D eigenvalue weighted by Gasteiger charge is -2.10. The smallest absolute Gasteiger partial charge is 0.318 e. The van der Waals surface area contributed by atoms with Gasteiger partial charge in [-0.2, -0.15) is 4.98 Å². The Bertz CT molecular complexity index is 389. The van der Waals surface area contributed by atoms with E-state index in [-0.39, 0.29) is 6.54 Å². The highest BCUT2D eigenvalue weighted by Crippen LogP contribution is 1.95. The van der Waals surface area contributed by atoms with Gasteiger partial charge in [0.2, 0.25) is 11.8 Å². The zero-order chi connectivity index (χ0) is 12.1. The van der Waals surface area contributed by atoms with Gasteiger partial charge in [-0.05, 0) is 13.8 Å². The van der Waals surface area contributed by atoms with Crippen LogP contribution in [0.15, 0.2) is 4.52 Å². The number of nitrogens with two attached hydrogens (primary N) is 1. The zero-order valence-electron chi connectivity index (χ0n) is 8.98. The van der Waals surface area contributed by atoms with Gasteiger partial charge in [0.15, 0.2) is 5.82 Å². The van der Waals surface area contributed by atoms with Gasteiger partial charge >= 0.3 is 6.03 Å². The Morgan fingerprint density at radius 1 is 1.56 bits per heavy atom. The first-order valence-electron chi connectivity index (χ1n) is 4.62. The molecule has 1 unspecified atom stereocenters. The summed E-state index contributed by atoms with van der Waals surface area (Å²) >= 11 is 0. The van der Waals surface area contributed by atoms with E-state index in [0.29, 0.717) is 11.7 Å². The number of aromatic nitrogens is 2. The maximum Gasteiger partial charge on any atom is 0.318 e. The Labute approximate surface area is 91.6 Å². The number of imide groups is 1. The lowest BCUT2D eigenvalue weighted by molar-refractivity contribution is -0.121. The van der Waals surface area contributed by atoms with E-state index in [4.69, 9.17) is 10.3 Å². The molecule has 0 radical (unpaired) electrons. The average Bonchev–Trinajstić information content (AvgIpc) is 2.59. The minimum Gasteiger partial charge on any atom is -0.351 e. The van der Waals surface area contributed by atoms with Crippen molar-refractivity contribution in [2.75, 3.05) is 0 Å². The van der Waals surface area contributed by atoms with Crippen LogP contribution in [0, 0.1) is 6.92 Å². The summed E-state index contributed by atoms with van der Waals surface area (Å²) < 4.78 is 4.83. The number of urea groups is 1. The second-order valence-electron chi connectivity index (χ2n) is 3.19. The topological polar surface area (TPSA) is 123 Å². The van der Waals surface area contributed by atoms with Crippen molar-refractivity contribution in [3.05, 3.63) is 11.7 Å². The van der Waals surface area contributed by atoms with Crippen molar-refractivity contribution in [1.82, 2.24) is 20.8 Å². The third-order valence-corrected chi connectivity index (χ3v) is 1.77. The summed E-state index contributed by atoms with van der Waals surface area (Å²) in [5.41, 5.74) is 4.80. The molecule has 1 rings (SSSR count). The average molecular weight is 227 g/mol. The van der Waals surface area contributed by atoms with Crippen LogP contribution in [0.2, 0.25) is 0 Å². The van der Waals surface area contributed by atoms with Crippen LogP contribution in [0.4, 0.5) is 4.79 Å². The van der Waals surface area contributed by atoms with Crippen LogP contribution in [0.5, 0.6) is 0 Å². The SMILES string of the molecule is Cc1noc(CNC(C)C(=O)NC(N)=O)n1. The van der Waals surface area contributed by atoms with Gasteiger partial charge in [0, 0.05) is 0 Å². The van der Waals surface area contributed by atoms with Crippen LogP contribution >= 0.6 is 0 Å². The van der Waals surface area contributed by atoms with Gasteiger partial charge in [0.1, 0.15) is 0 Å². The standard InChI is InChI=1S/C8H13N5O3/c1-4(7(14)12-8(9)15)10-3-6-11-5(2)13-16-6/h4,10H,3H2,1-2H3,(H3,9,12,14,15). The molecule has 0 aliphatic rings. The summed E-state index contributed by atoms with van der Waals surface area (Å²) in [6, 6.07) is -1.47. The van der Waals surface area contributed by atoms with E-state index in [1.165, 1.54) is 0 Å². The lowest BCUT2D eigenvalue weighted by atomic mass is 10.3. The maximum atomic E-state index is 11.2. The number of hydrogen-bond donors (Lipinski definition) is 3. The van der Waals surface area contributed by atoms with Gasteiger partial charge in [-0.3, -0.25) is 15.4 Å². The maximum absolute atomic E-state index is 11.2. The summed E-state index contributed by atoms with van der Waals surface area (Å²) in [4.78, 5) is 25.6. The predicted molar refractivity (Wildman–Crippen MR) is 53.1 cm³/mol. The highest BCUT2D eigenvalue weighted by Gasteiger charge is 2.14. The second-order valence-corrected chi connectivity index (χ2v) is 3.19. The van der Waals surface area contributed by atoms with Gasteiger partial charge in [-0.25, -0.2) is 4.79 Å². The summed E-state index contributed by atoms with van der Waals surface area (Å²) in [6.07, 6.45) is 0. The molecular formula is C8H13N5O3. The summed E-state index contributed by atoms with van der Waals surface area (Å²) in [6.45, 7) is 3.52. The molecule has 0 aromatic carbocycles. The van der Waals surface area contributed by atoms with Gasteiger partial charge in [-0.15, -0.1) is 0 Å². The van der Waals surface area contributed by atoms with E-state index in [1.807, 2.05) is 5.32 Å². The van der Waals surface area contributed by atoms with Crippen LogP contribution in [0.25, 0.3) is 0 Å². The van der Waals surface area contributed by atoms with Gasteiger partial charge in [0.05, 0.1) is 12.6 Å². The monoisotopic (exact) mass is 227 g/mol. The minimum absolute atomic E-state index is 0.244. The molecule has 4 N–H and O–H groups in total. The number of carbonyl (C=O) groups is 2. The number of hydrogen-bond acceptors (Lipinski definition) is 6. The summed E-state index contributed by atoms with van der Waals surface area (Å²) in [7, 11) is 0. The summed E-state index contributed by atoms with van der Waals surface area (Å²) in [5, 5.41) is 8.34. The van der Waals surface area contributed by atoms with Crippen molar-refractivity contribution in [2.24, 2.45) is 5.73 Å². The van der Waals surface area contributed by atoms with E-state index in [0.717, 1.165) is 0 Å². The molecule has 0 aliphatic carbocycles. The highest BCUT2D eigenvalue weighted by molar-refractivity contribution is 5.96. The number of aryl methyl sites for hydroxylation is 1. The molecule has 0 saturated carbocycles. The first-order valence-corrected chi connectivity index (χ1v) is 4.62.